The third-order valence-corrected chi connectivity index (χ3v) is 5.79. The third kappa shape index (κ3) is 4.88. The summed E-state index contributed by atoms with van der Waals surface area (Å²) in [6, 6.07) is 13.3. The maximum atomic E-state index is 12.3. The lowest BCUT2D eigenvalue weighted by Crippen LogP contribution is -2.28. The van der Waals surface area contributed by atoms with Crippen LogP contribution in [0.25, 0.3) is 0 Å². The quantitative estimate of drug-likeness (QED) is 0.800. The predicted octanol–water partition coefficient (Wildman–Crippen LogP) is 4.90. The number of fused-ring (bicyclic) bond motifs is 1. The number of rotatable bonds is 6. The minimum absolute atomic E-state index is 0.0696. The maximum absolute atomic E-state index is 12.3. The Labute approximate surface area is 155 Å². The molecule has 1 aliphatic carbocycles. The van der Waals surface area contributed by atoms with Gasteiger partial charge in [0.25, 0.3) is 0 Å². The average Bonchev–Trinajstić information content (AvgIpc) is 3.01. The van der Waals surface area contributed by atoms with Crippen molar-refractivity contribution in [3.8, 4) is 0 Å². The molecule has 25 heavy (non-hydrogen) atoms. The van der Waals surface area contributed by atoms with Crippen molar-refractivity contribution in [2.24, 2.45) is 0 Å². The normalized spacial score (nSPS) is 14.2. The zero-order valence-corrected chi connectivity index (χ0v) is 16.2. The maximum Gasteiger partial charge on any atom is 0.230 e. The number of aryl methyl sites for hydroxylation is 4. The van der Waals surface area contributed by atoms with Gasteiger partial charge in [-0.2, -0.15) is 0 Å². The SMILES string of the molecule is Cc1cc(C)cc(CSCC(=O)N[C@H](C)c2ccc3c(c2)CCC3)c1. The Hall–Kier alpha value is -1.74. The van der Waals surface area contributed by atoms with E-state index in [1.54, 1.807) is 11.8 Å². The van der Waals surface area contributed by atoms with E-state index < -0.39 is 0 Å². The number of carbonyl (C=O) groups excluding carboxylic acids is 1. The number of amides is 1. The van der Waals surface area contributed by atoms with Crippen molar-refractivity contribution in [2.45, 2.75) is 51.8 Å². The Balaban J connectivity index is 1.48. The lowest BCUT2D eigenvalue weighted by atomic mass is 10.0. The van der Waals surface area contributed by atoms with Crippen molar-refractivity contribution < 1.29 is 4.79 Å². The second-order valence-corrected chi connectivity index (χ2v) is 8.15. The number of carbonyl (C=O) groups is 1. The van der Waals surface area contributed by atoms with Gasteiger partial charge in [-0.05, 0) is 62.3 Å². The van der Waals surface area contributed by atoms with Gasteiger partial charge < -0.3 is 5.32 Å². The Bertz CT molecular complexity index is 748. The molecular weight excluding hydrogens is 326 g/mol. The Morgan fingerprint density at radius 1 is 1.08 bits per heavy atom. The zero-order chi connectivity index (χ0) is 17.8. The van der Waals surface area contributed by atoms with Gasteiger partial charge in [0.15, 0.2) is 0 Å². The zero-order valence-electron chi connectivity index (χ0n) is 15.4. The summed E-state index contributed by atoms with van der Waals surface area (Å²) in [5.41, 5.74) is 8.01. The first kappa shape index (κ1) is 18.1. The first-order valence-corrected chi connectivity index (χ1v) is 10.2. The molecule has 0 aliphatic heterocycles. The van der Waals surface area contributed by atoms with Crippen LogP contribution in [0.2, 0.25) is 0 Å². The van der Waals surface area contributed by atoms with Gasteiger partial charge in [0.1, 0.15) is 0 Å². The summed E-state index contributed by atoms with van der Waals surface area (Å²) < 4.78 is 0. The number of benzene rings is 2. The van der Waals surface area contributed by atoms with Crippen LogP contribution < -0.4 is 5.32 Å². The lowest BCUT2D eigenvalue weighted by molar-refractivity contribution is -0.119. The Kier molecular flexibility index (Phi) is 5.85. The van der Waals surface area contributed by atoms with Crippen LogP contribution in [0.4, 0.5) is 0 Å². The molecule has 0 saturated carbocycles. The molecule has 0 fully saturated rings. The molecule has 132 valence electrons. The van der Waals surface area contributed by atoms with Crippen LogP contribution in [0.15, 0.2) is 36.4 Å². The van der Waals surface area contributed by atoms with Crippen LogP contribution in [0.1, 0.15) is 52.8 Å². The van der Waals surface area contributed by atoms with E-state index in [2.05, 4.69) is 62.5 Å². The highest BCUT2D eigenvalue weighted by molar-refractivity contribution is 7.99. The minimum Gasteiger partial charge on any atom is -0.349 e. The summed E-state index contributed by atoms with van der Waals surface area (Å²) in [5.74, 6) is 1.49. The number of hydrogen-bond donors (Lipinski definition) is 1. The van der Waals surface area contributed by atoms with Gasteiger partial charge in [0.05, 0.1) is 11.8 Å². The molecule has 3 rings (SSSR count). The van der Waals surface area contributed by atoms with Crippen molar-refractivity contribution >= 4 is 17.7 Å². The van der Waals surface area contributed by atoms with Crippen LogP contribution in [-0.2, 0) is 23.4 Å². The number of thioether (sulfide) groups is 1. The van der Waals surface area contributed by atoms with E-state index in [0.29, 0.717) is 5.75 Å². The summed E-state index contributed by atoms with van der Waals surface area (Å²) >= 11 is 1.68. The van der Waals surface area contributed by atoms with Crippen LogP contribution >= 0.6 is 11.8 Å². The second kappa shape index (κ2) is 8.09. The molecule has 2 nitrogen and oxygen atoms in total. The van der Waals surface area contributed by atoms with Gasteiger partial charge in [-0.15, -0.1) is 11.8 Å². The van der Waals surface area contributed by atoms with Crippen molar-refractivity contribution in [1.29, 1.82) is 0 Å². The minimum atomic E-state index is 0.0696. The lowest BCUT2D eigenvalue weighted by Gasteiger charge is -2.15. The standard InChI is InChI=1S/C22H27NOS/c1-15-9-16(2)11-18(10-15)13-25-14-22(24)23-17(3)20-8-7-19-5-4-6-21(19)12-20/h7-12,17H,4-6,13-14H2,1-3H3,(H,23,24)/t17-/m1/s1. The van der Waals surface area contributed by atoms with Crippen molar-refractivity contribution in [3.63, 3.8) is 0 Å². The molecule has 0 spiro atoms. The van der Waals surface area contributed by atoms with Crippen LogP contribution in [0.3, 0.4) is 0 Å². The molecule has 1 N–H and O–H groups in total. The number of hydrogen-bond acceptors (Lipinski definition) is 2. The summed E-state index contributed by atoms with van der Waals surface area (Å²) in [4.78, 5) is 12.3. The average molecular weight is 354 g/mol. The van der Waals surface area contributed by atoms with Gasteiger partial charge in [0.2, 0.25) is 5.91 Å². The molecular formula is C22H27NOS. The molecule has 0 saturated heterocycles. The monoisotopic (exact) mass is 353 g/mol. The first-order chi connectivity index (χ1) is 12.0. The highest BCUT2D eigenvalue weighted by Gasteiger charge is 2.15. The smallest absolute Gasteiger partial charge is 0.230 e. The van der Waals surface area contributed by atoms with Crippen molar-refractivity contribution in [3.05, 3.63) is 69.8 Å². The summed E-state index contributed by atoms with van der Waals surface area (Å²) in [5, 5.41) is 3.14. The molecule has 2 aromatic carbocycles. The van der Waals surface area contributed by atoms with E-state index in [4.69, 9.17) is 0 Å². The summed E-state index contributed by atoms with van der Waals surface area (Å²) in [7, 11) is 0. The van der Waals surface area contributed by atoms with Crippen LogP contribution in [0.5, 0.6) is 0 Å². The van der Waals surface area contributed by atoms with Gasteiger partial charge in [0, 0.05) is 5.75 Å². The molecule has 0 unspecified atom stereocenters. The fourth-order valence-electron chi connectivity index (χ4n) is 3.64. The van der Waals surface area contributed by atoms with E-state index in [9.17, 15) is 4.79 Å². The van der Waals surface area contributed by atoms with E-state index >= 15 is 0 Å². The predicted molar refractivity (Wildman–Crippen MR) is 107 cm³/mol. The first-order valence-electron chi connectivity index (χ1n) is 9.07. The molecule has 2 aromatic rings. The van der Waals surface area contributed by atoms with Gasteiger partial charge >= 0.3 is 0 Å². The van der Waals surface area contributed by atoms with Crippen LogP contribution in [0, 0.1) is 13.8 Å². The molecule has 0 radical (unpaired) electrons. The summed E-state index contributed by atoms with van der Waals surface area (Å²) in [6.07, 6.45) is 3.63. The highest BCUT2D eigenvalue weighted by atomic mass is 32.2. The van der Waals surface area contributed by atoms with E-state index in [-0.39, 0.29) is 11.9 Å². The molecule has 0 bridgehead atoms. The van der Waals surface area contributed by atoms with Crippen molar-refractivity contribution in [1.82, 2.24) is 5.32 Å². The summed E-state index contributed by atoms with van der Waals surface area (Å²) in [6.45, 7) is 6.31. The second-order valence-electron chi connectivity index (χ2n) is 7.16. The van der Waals surface area contributed by atoms with Gasteiger partial charge in [-0.25, -0.2) is 0 Å². The Morgan fingerprint density at radius 3 is 2.56 bits per heavy atom. The molecule has 1 aliphatic rings. The highest BCUT2D eigenvalue weighted by Crippen LogP contribution is 2.25. The largest absolute Gasteiger partial charge is 0.349 e. The number of nitrogens with one attached hydrogen (secondary N) is 1. The van der Waals surface area contributed by atoms with Gasteiger partial charge in [-0.3, -0.25) is 4.79 Å². The molecule has 0 aromatic heterocycles. The Morgan fingerprint density at radius 2 is 1.80 bits per heavy atom. The fourth-order valence-corrected chi connectivity index (χ4v) is 4.41. The molecule has 1 atom stereocenters. The third-order valence-electron chi connectivity index (χ3n) is 4.78. The van der Waals surface area contributed by atoms with E-state index in [0.717, 1.165) is 5.75 Å². The van der Waals surface area contributed by atoms with Gasteiger partial charge in [-0.1, -0.05) is 47.5 Å². The molecule has 3 heteroatoms. The van der Waals surface area contributed by atoms with E-state index in [1.165, 1.54) is 52.6 Å². The molecule has 1 amide bonds. The molecule has 0 heterocycles. The van der Waals surface area contributed by atoms with Crippen LogP contribution in [-0.4, -0.2) is 11.7 Å². The van der Waals surface area contributed by atoms with Crippen molar-refractivity contribution in [2.75, 3.05) is 5.75 Å². The fraction of sp³-hybridized carbons (Fsp3) is 0.409. The topological polar surface area (TPSA) is 29.1 Å². The van der Waals surface area contributed by atoms with E-state index in [1.807, 2.05) is 0 Å².